The number of benzene rings is 1. The smallest absolute Gasteiger partial charge is 0.272 e. The summed E-state index contributed by atoms with van der Waals surface area (Å²) >= 11 is 0. The summed E-state index contributed by atoms with van der Waals surface area (Å²) in [7, 11) is 0. The maximum absolute atomic E-state index is 12.6. The Balaban J connectivity index is 1.40. The molecule has 0 radical (unpaired) electrons. The molecule has 0 unspecified atom stereocenters. The van der Waals surface area contributed by atoms with E-state index in [0.717, 1.165) is 37.9 Å². The molecular weight excluding hydrogens is 346 g/mol. The Hall–Kier alpha value is -3.09. The van der Waals surface area contributed by atoms with Crippen molar-refractivity contribution in [3.8, 4) is 11.5 Å². The third kappa shape index (κ3) is 3.86. The first-order valence-electron chi connectivity index (χ1n) is 9.14. The zero-order valence-corrected chi connectivity index (χ0v) is 14.9. The van der Waals surface area contributed by atoms with E-state index in [0.29, 0.717) is 23.7 Å². The Kier molecular flexibility index (Phi) is 4.91. The van der Waals surface area contributed by atoms with Crippen molar-refractivity contribution in [2.24, 2.45) is 0 Å². The standard InChI is InChI=1S/C20H21N3O4/c24-19(21-12-14-7-8-17-18(11-14)27-13-26-17)15-5-4-6-16(22-15)20(25)23-9-2-1-3-10-23/h4-8,11H,1-3,9-10,12-13H2,(H,21,24). The van der Waals surface area contributed by atoms with E-state index in [1.54, 1.807) is 23.1 Å². The number of rotatable bonds is 4. The van der Waals surface area contributed by atoms with Crippen molar-refractivity contribution in [2.75, 3.05) is 19.9 Å². The molecule has 0 aliphatic carbocycles. The summed E-state index contributed by atoms with van der Waals surface area (Å²) < 4.78 is 10.6. The van der Waals surface area contributed by atoms with Gasteiger partial charge in [0.15, 0.2) is 11.5 Å². The number of piperidine rings is 1. The fourth-order valence-corrected chi connectivity index (χ4v) is 3.26. The molecule has 1 fully saturated rings. The van der Waals surface area contributed by atoms with E-state index in [1.165, 1.54) is 0 Å². The third-order valence-electron chi connectivity index (χ3n) is 4.73. The Morgan fingerprint density at radius 3 is 2.63 bits per heavy atom. The van der Waals surface area contributed by atoms with E-state index >= 15 is 0 Å². The maximum Gasteiger partial charge on any atom is 0.272 e. The minimum absolute atomic E-state index is 0.111. The molecule has 2 aromatic rings. The molecule has 1 N–H and O–H groups in total. The highest BCUT2D eigenvalue weighted by Gasteiger charge is 2.20. The summed E-state index contributed by atoms with van der Waals surface area (Å²) in [6, 6.07) is 10.5. The molecule has 0 saturated carbocycles. The van der Waals surface area contributed by atoms with Crippen LogP contribution in [0.15, 0.2) is 36.4 Å². The molecule has 0 bridgehead atoms. The number of nitrogens with one attached hydrogen (secondary N) is 1. The number of hydrogen-bond donors (Lipinski definition) is 1. The zero-order chi connectivity index (χ0) is 18.6. The minimum Gasteiger partial charge on any atom is -0.454 e. The van der Waals surface area contributed by atoms with Crippen LogP contribution in [0.4, 0.5) is 0 Å². The van der Waals surface area contributed by atoms with Gasteiger partial charge in [-0.05, 0) is 49.1 Å². The first-order valence-corrected chi connectivity index (χ1v) is 9.14. The monoisotopic (exact) mass is 367 g/mol. The number of aromatic nitrogens is 1. The summed E-state index contributed by atoms with van der Waals surface area (Å²) in [4.78, 5) is 31.1. The van der Waals surface area contributed by atoms with E-state index in [-0.39, 0.29) is 24.3 Å². The Labute approximate surface area is 157 Å². The molecule has 7 nitrogen and oxygen atoms in total. The number of fused-ring (bicyclic) bond motifs is 1. The molecule has 2 amide bonds. The number of ether oxygens (including phenoxy) is 2. The summed E-state index contributed by atoms with van der Waals surface area (Å²) in [5, 5.41) is 2.83. The summed E-state index contributed by atoms with van der Waals surface area (Å²) in [6.07, 6.45) is 3.18. The number of likely N-dealkylation sites (tertiary alicyclic amines) is 1. The van der Waals surface area contributed by atoms with Crippen molar-refractivity contribution in [2.45, 2.75) is 25.8 Å². The number of amides is 2. The van der Waals surface area contributed by atoms with E-state index in [2.05, 4.69) is 10.3 Å². The Morgan fingerprint density at radius 2 is 1.78 bits per heavy atom. The summed E-state index contributed by atoms with van der Waals surface area (Å²) in [6.45, 7) is 2.05. The van der Waals surface area contributed by atoms with Crippen LogP contribution in [0.25, 0.3) is 0 Å². The van der Waals surface area contributed by atoms with Crippen LogP contribution in [-0.2, 0) is 6.54 Å². The molecule has 2 aliphatic heterocycles. The lowest BCUT2D eigenvalue weighted by Gasteiger charge is -2.26. The number of carbonyl (C=O) groups is 2. The van der Waals surface area contributed by atoms with Gasteiger partial charge in [0, 0.05) is 19.6 Å². The third-order valence-corrected chi connectivity index (χ3v) is 4.73. The van der Waals surface area contributed by atoms with Crippen LogP contribution in [0.2, 0.25) is 0 Å². The SMILES string of the molecule is O=C(NCc1ccc2c(c1)OCO2)c1cccc(C(=O)N2CCCCC2)n1. The second-order valence-corrected chi connectivity index (χ2v) is 6.63. The lowest BCUT2D eigenvalue weighted by molar-refractivity contribution is 0.0718. The first kappa shape index (κ1) is 17.3. The Morgan fingerprint density at radius 1 is 1.00 bits per heavy atom. The summed E-state index contributed by atoms with van der Waals surface area (Å²) in [5.41, 5.74) is 1.44. The summed E-state index contributed by atoms with van der Waals surface area (Å²) in [5.74, 6) is 0.950. The average molecular weight is 367 g/mol. The number of pyridine rings is 1. The zero-order valence-electron chi connectivity index (χ0n) is 14.9. The maximum atomic E-state index is 12.6. The lowest BCUT2D eigenvalue weighted by Crippen LogP contribution is -2.36. The highest BCUT2D eigenvalue weighted by molar-refractivity contribution is 5.96. The van der Waals surface area contributed by atoms with Gasteiger partial charge < -0.3 is 19.7 Å². The highest BCUT2D eigenvalue weighted by atomic mass is 16.7. The van der Waals surface area contributed by atoms with E-state index in [9.17, 15) is 9.59 Å². The second kappa shape index (κ2) is 7.65. The second-order valence-electron chi connectivity index (χ2n) is 6.63. The largest absolute Gasteiger partial charge is 0.454 e. The van der Waals surface area contributed by atoms with Crippen LogP contribution < -0.4 is 14.8 Å². The molecule has 140 valence electrons. The molecule has 27 heavy (non-hydrogen) atoms. The molecule has 0 spiro atoms. The van der Waals surface area contributed by atoms with Gasteiger partial charge in [-0.25, -0.2) is 4.98 Å². The molecule has 7 heteroatoms. The molecular formula is C20H21N3O4. The van der Waals surface area contributed by atoms with Crippen LogP contribution >= 0.6 is 0 Å². The fourth-order valence-electron chi connectivity index (χ4n) is 3.26. The predicted octanol–water partition coefficient (Wildman–Crippen LogP) is 2.37. The van der Waals surface area contributed by atoms with Gasteiger partial charge >= 0.3 is 0 Å². The van der Waals surface area contributed by atoms with Gasteiger partial charge in [-0.1, -0.05) is 12.1 Å². The molecule has 2 aliphatic rings. The number of nitrogens with zero attached hydrogens (tertiary/aromatic N) is 2. The van der Waals surface area contributed by atoms with E-state index < -0.39 is 0 Å². The van der Waals surface area contributed by atoms with Gasteiger partial charge in [-0.3, -0.25) is 9.59 Å². The van der Waals surface area contributed by atoms with Gasteiger partial charge in [-0.15, -0.1) is 0 Å². The molecule has 4 rings (SSSR count). The quantitative estimate of drug-likeness (QED) is 0.897. The van der Waals surface area contributed by atoms with Crippen LogP contribution in [0.5, 0.6) is 11.5 Å². The first-order chi connectivity index (χ1) is 13.2. The number of carbonyl (C=O) groups excluding carboxylic acids is 2. The highest BCUT2D eigenvalue weighted by Crippen LogP contribution is 2.32. The minimum atomic E-state index is -0.319. The van der Waals surface area contributed by atoms with Gasteiger partial charge in [0.1, 0.15) is 11.4 Å². The Bertz CT molecular complexity index is 862. The van der Waals surface area contributed by atoms with Crippen molar-refractivity contribution in [3.05, 3.63) is 53.3 Å². The van der Waals surface area contributed by atoms with Crippen molar-refractivity contribution >= 4 is 11.8 Å². The normalized spacial score (nSPS) is 15.5. The van der Waals surface area contributed by atoms with Crippen molar-refractivity contribution in [3.63, 3.8) is 0 Å². The molecule has 1 aromatic heterocycles. The van der Waals surface area contributed by atoms with Crippen LogP contribution in [0, 0.1) is 0 Å². The average Bonchev–Trinajstić information content (AvgIpc) is 3.20. The van der Waals surface area contributed by atoms with Crippen molar-refractivity contribution in [1.29, 1.82) is 0 Å². The lowest BCUT2D eigenvalue weighted by atomic mass is 10.1. The fraction of sp³-hybridized carbons (Fsp3) is 0.350. The van der Waals surface area contributed by atoms with E-state index in [1.807, 2.05) is 18.2 Å². The van der Waals surface area contributed by atoms with Crippen LogP contribution in [0.3, 0.4) is 0 Å². The molecule has 0 atom stereocenters. The van der Waals surface area contributed by atoms with Crippen LogP contribution in [-0.4, -0.2) is 41.6 Å². The van der Waals surface area contributed by atoms with Gasteiger partial charge in [0.05, 0.1) is 0 Å². The van der Waals surface area contributed by atoms with Crippen LogP contribution in [0.1, 0.15) is 45.8 Å². The number of hydrogen-bond acceptors (Lipinski definition) is 5. The van der Waals surface area contributed by atoms with Gasteiger partial charge in [-0.2, -0.15) is 0 Å². The molecule has 1 saturated heterocycles. The van der Waals surface area contributed by atoms with E-state index in [4.69, 9.17) is 9.47 Å². The topological polar surface area (TPSA) is 80.8 Å². The molecule has 1 aromatic carbocycles. The van der Waals surface area contributed by atoms with Gasteiger partial charge in [0.2, 0.25) is 6.79 Å². The predicted molar refractivity (Wildman–Crippen MR) is 97.7 cm³/mol. The van der Waals surface area contributed by atoms with Crippen molar-refractivity contribution in [1.82, 2.24) is 15.2 Å². The van der Waals surface area contributed by atoms with Crippen molar-refractivity contribution < 1.29 is 19.1 Å². The van der Waals surface area contributed by atoms with Gasteiger partial charge in [0.25, 0.3) is 11.8 Å². The molecule has 3 heterocycles.